The normalized spacial score (nSPS) is 10.5. The van der Waals surface area contributed by atoms with E-state index in [2.05, 4.69) is 14.8 Å². The van der Waals surface area contributed by atoms with Crippen molar-refractivity contribution >= 4 is 11.9 Å². The van der Waals surface area contributed by atoms with Gasteiger partial charge in [0.2, 0.25) is 6.79 Å². The third-order valence-corrected chi connectivity index (χ3v) is 3.46. The van der Waals surface area contributed by atoms with Gasteiger partial charge in [-0.3, -0.25) is 5.26 Å². The number of rotatable bonds is 11. The Hall–Kier alpha value is -3.06. The molecule has 0 aliphatic heterocycles. The topological polar surface area (TPSA) is 156 Å². The molecule has 2 aromatic rings. The van der Waals surface area contributed by atoms with E-state index in [-0.39, 0.29) is 30.1 Å². The van der Waals surface area contributed by atoms with Crippen LogP contribution in [-0.2, 0) is 37.6 Å². The zero-order valence-corrected chi connectivity index (χ0v) is 14.4. The molecule has 28 heavy (non-hydrogen) atoms. The van der Waals surface area contributed by atoms with Crippen molar-refractivity contribution in [3.63, 3.8) is 0 Å². The van der Waals surface area contributed by atoms with Crippen molar-refractivity contribution in [2.45, 2.75) is 13.2 Å². The average molecular weight is 395 g/mol. The Morgan fingerprint density at radius 3 is 2.32 bits per heavy atom. The van der Waals surface area contributed by atoms with E-state index in [1.165, 1.54) is 12.1 Å². The third-order valence-electron chi connectivity index (χ3n) is 3.46. The molecular weight excluding hydrogens is 378 g/mol. The Labute approximate surface area is 158 Å². The number of nitrogens with two attached hydrogens (primary N) is 1. The van der Waals surface area contributed by atoms with Crippen molar-refractivity contribution in [2.75, 3.05) is 6.79 Å². The van der Waals surface area contributed by atoms with Crippen LogP contribution in [0.4, 0.5) is 0 Å². The van der Waals surface area contributed by atoms with Crippen molar-refractivity contribution in [3.05, 3.63) is 64.7 Å². The van der Waals surface area contributed by atoms with Crippen molar-refractivity contribution in [1.82, 2.24) is 0 Å². The second-order valence-corrected chi connectivity index (χ2v) is 5.16. The summed E-state index contributed by atoms with van der Waals surface area (Å²) >= 11 is 0. The summed E-state index contributed by atoms with van der Waals surface area (Å²) in [6, 6.07) is 10.5. The number of carbonyl (C=O) groups is 2. The number of carboxylic acids is 1. The number of ether oxygens (including phenoxy) is 1. The van der Waals surface area contributed by atoms with Crippen molar-refractivity contribution in [3.8, 4) is 5.75 Å². The maximum absolute atomic E-state index is 12.0. The summed E-state index contributed by atoms with van der Waals surface area (Å²) < 4.78 is 4.82. The van der Waals surface area contributed by atoms with E-state index in [4.69, 9.17) is 25.7 Å². The molecule has 150 valence electrons. The predicted molar refractivity (Wildman–Crippen MR) is 89.3 cm³/mol. The molecule has 0 spiro atoms. The highest BCUT2D eigenvalue weighted by atomic mass is 17.3. The average Bonchev–Trinajstić information content (AvgIpc) is 2.69. The molecule has 0 fully saturated rings. The molecule has 2 rings (SSSR count). The van der Waals surface area contributed by atoms with Crippen molar-refractivity contribution in [1.29, 1.82) is 0 Å². The smallest absolute Gasteiger partial charge is 0.341 e. The van der Waals surface area contributed by atoms with Crippen LogP contribution in [0.15, 0.2) is 42.5 Å². The Kier molecular flexibility index (Phi) is 8.30. The minimum Gasteiger partial charge on any atom is -0.478 e. The van der Waals surface area contributed by atoms with Gasteiger partial charge in [-0.2, -0.15) is 10.8 Å². The SMILES string of the molecule is NOOc1ccc(C(=O)OCOOCc2ccccc2COO)c(C(=O)O)c1. The van der Waals surface area contributed by atoms with Gasteiger partial charge in [-0.25, -0.2) is 19.4 Å². The molecule has 0 amide bonds. The third kappa shape index (κ3) is 5.99. The molecule has 0 aromatic heterocycles. The molecular formula is C17H17NO10. The zero-order valence-electron chi connectivity index (χ0n) is 14.4. The largest absolute Gasteiger partial charge is 0.478 e. The first-order chi connectivity index (χ1) is 13.6. The molecule has 11 nitrogen and oxygen atoms in total. The standard InChI is InChI=1S/C17H17NO10/c18-28-27-13-5-6-14(15(7-13)16(19)20)17(21)23-10-26-25-9-12-4-2-1-3-11(12)8-24-22/h1-7,22H,8-10,18H2,(H,19,20). The number of carboxylic acid groups (broad SMARTS) is 1. The molecule has 0 saturated carbocycles. The van der Waals surface area contributed by atoms with Gasteiger partial charge in [-0.15, -0.1) is 0 Å². The highest BCUT2D eigenvalue weighted by Gasteiger charge is 2.19. The molecule has 4 N–H and O–H groups in total. The predicted octanol–water partition coefficient (Wildman–Crippen LogP) is 1.82. The molecule has 0 saturated heterocycles. The lowest BCUT2D eigenvalue weighted by Gasteiger charge is -2.10. The molecule has 0 aliphatic rings. The van der Waals surface area contributed by atoms with Gasteiger partial charge in [0.05, 0.1) is 11.1 Å². The van der Waals surface area contributed by atoms with Gasteiger partial charge in [0.1, 0.15) is 13.2 Å². The van der Waals surface area contributed by atoms with Crippen LogP contribution in [0, 0.1) is 0 Å². The van der Waals surface area contributed by atoms with Crippen molar-refractivity contribution < 1.29 is 49.2 Å². The van der Waals surface area contributed by atoms with Crippen LogP contribution in [0.2, 0.25) is 0 Å². The molecule has 2 aromatic carbocycles. The van der Waals surface area contributed by atoms with E-state index in [0.717, 1.165) is 6.07 Å². The molecule has 0 unspecified atom stereocenters. The van der Waals surface area contributed by atoms with Gasteiger partial charge in [-0.1, -0.05) is 29.3 Å². The number of esters is 1. The van der Waals surface area contributed by atoms with E-state index in [9.17, 15) is 14.7 Å². The number of hydrogen-bond acceptors (Lipinski definition) is 10. The Balaban J connectivity index is 1.87. The van der Waals surface area contributed by atoms with Crippen LogP contribution in [0.25, 0.3) is 0 Å². The minimum absolute atomic E-state index is 0.00256. The second-order valence-electron chi connectivity index (χ2n) is 5.16. The summed E-state index contributed by atoms with van der Waals surface area (Å²) in [5, 5.41) is 17.7. The van der Waals surface area contributed by atoms with Crippen LogP contribution in [0.3, 0.4) is 0 Å². The van der Waals surface area contributed by atoms with E-state index in [1.54, 1.807) is 24.3 Å². The van der Waals surface area contributed by atoms with Crippen molar-refractivity contribution in [2.24, 2.45) is 5.90 Å². The Morgan fingerprint density at radius 1 is 0.964 bits per heavy atom. The van der Waals surface area contributed by atoms with Gasteiger partial charge >= 0.3 is 11.9 Å². The number of benzene rings is 2. The second kappa shape index (κ2) is 10.9. The van der Waals surface area contributed by atoms with E-state index in [1.807, 2.05) is 0 Å². The van der Waals surface area contributed by atoms with Gasteiger partial charge in [0.25, 0.3) is 0 Å². The summed E-state index contributed by atoms with van der Waals surface area (Å²) in [5.74, 6) is 2.39. The first-order valence-corrected chi connectivity index (χ1v) is 7.72. The van der Waals surface area contributed by atoms with E-state index < -0.39 is 18.7 Å². The fourth-order valence-corrected chi connectivity index (χ4v) is 2.19. The van der Waals surface area contributed by atoms with Crippen LogP contribution >= 0.6 is 0 Å². The Bertz CT molecular complexity index is 810. The van der Waals surface area contributed by atoms with E-state index >= 15 is 0 Å². The zero-order chi connectivity index (χ0) is 20.4. The lowest BCUT2D eigenvalue weighted by atomic mass is 10.1. The van der Waals surface area contributed by atoms with Crippen LogP contribution in [0.5, 0.6) is 5.75 Å². The van der Waals surface area contributed by atoms with Crippen LogP contribution in [-0.4, -0.2) is 29.1 Å². The maximum Gasteiger partial charge on any atom is 0.341 e. The summed E-state index contributed by atoms with van der Waals surface area (Å²) in [4.78, 5) is 45.6. The number of carbonyl (C=O) groups excluding carboxylic acids is 1. The maximum atomic E-state index is 12.0. The first kappa shape index (κ1) is 21.2. The van der Waals surface area contributed by atoms with Gasteiger partial charge in [0, 0.05) is 0 Å². The van der Waals surface area contributed by atoms with Gasteiger partial charge < -0.3 is 14.7 Å². The lowest BCUT2D eigenvalue weighted by Crippen LogP contribution is -2.14. The number of aromatic carboxylic acids is 1. The molecule has 0 atom stereocenters. The molecule has 11 heteroatoms. The van der Waals surface area contributed by atoms with Gasteiger partial charge in [0.15, 0.2) is 5.75 Å². The van der Waals surface area contributed by atoms with Crippen LogP contribution in [0.1, 0.15) is 31.8 Å². The fourth-order valence-electron chi connectivity index (χ4n) is 2.19. The summed E-state index contributed by atoms with van der Waals surface area (Å²) in [7, 11) is 0. The van der Waals surface area contributed by atoms with Crippen LogP contribution < -0.4 is 10.8 Å². The quantitative estimate of drug-likeness (QED) is 0.168. The first-order valence-electron chi connectivity index (χ1n) is 7.72. The van der Waals surface area contributed by atoms with E-state index in [0.29, 0.717) is 11.1 Å². The highest BCUT2D eigenvalue weighted by molar-refractivity contribution is 6.02. The minimum atomic E-state index is -1.38. The number of hydrogen-bond donors (Lipinski definition) is 3. The molecule has 0 heterocycles. The highest BCUT2D eigenvalue weighted by Crippen LogP contribution is 2.19. The summed E-state index contributed by atoms with van der Waals surface area (Å²) in [6.07, 6.45) is 0. The fraction of sp³-hybridized carbons (Fsp3) is 0.176. The van der Waals surface area contributed by atoms with Gasteiger partial charge in [-0.05, 0) is 29.3 Å². The molecule has 0 radical (unpaired) electrons. The monoisotopic (exact) mass is 395 g/mol. The summed E-state index contributed by atoms with van der Waals surface area (Å²) in [5.41, 5.74) is 0.763. The molecule has 0 bridgehead atoms. The lowest BCUT2D eigenvalue weighted by molar-refractivity contribution is -0.335. The Morgan fingerprint density at radius 2 is 1.68 bits per heavy atom. The molecule has 0 aliphatic carbocycles. The summed E-state index contributed by atoms with van der Waals surface area (Å²) in [6.45, 7) is -0.606.